The van der Waals surface area contributed by atoms with Crippen molar-refractivity contribution in [2.45, 2.75) is 45.7 Å². The molecule has 1 fully saturated rings. The van der Waals surface area contributed by atoms with Gasteiger partial charge in [0.2, 0.25) is 5.91 Å². The maximum atomic E-state index is 11.8. The van der Waals surface area contributed by atoms with Crippen LogP contribution in [0, 0.1) is 5.92 Å². The van der Waals surface area contributed by atoms with Crippen LogP contribution in [-0.4, -0.2) is 36.5 Å². The number of carbonyl (C=O) groups is 1. The van der Waals surface area contributed by atoms with E-state index in [1.54, 1.807) is 0 Å². The fourth-order valence-electron chi connectivity index (χ4n) is 1.73. The maximum absolute atomic E-state index is 11.8. The molecule has 1 amide bonds. The molecule has 1 N–H and O–H groups in total. The number of nitrogens with zero attached hydrogens (tertiary/aromatic N) is 1. The summed E-state index contributed by atoms with van der Waals surface area (Å²) >= 11 is 0. The van der Waals surface area contributed by atoms with Gasteiger partial charge in [-0.2, -0.15) is 0 Å². The Morgan fingerprint density at radius 3 is 2.50 bits per heavy atom. The van der Waals surface area contributed by atoms with Gasteiger partial charge in [0.1, 0.15) is 0 Å². The summed E-state index contributed by atoms with van der Waals surface area (Å²) in [5.41, 5.74) is 0. The third-order valence-electron chi connectivity index (χ3n) is 3.19. The molecular weight excluding hydrogens is 176 g/mol. The molecule has 0 bridgehead atoms. The highest BCUT2D eigenvalue weighted by molar-refractivity contribution is 5.82. The number of hydrogen-bond acceptors (Lipinski definition) is 2. The second-order valence-corrected chi connectivity index (χ2v) is 4.68. The summed E-state index contributed by atoms with van der Waals surface area (Å²) in [6.45, 7) is 7.37. The molecule has 3 heteroatoms. The molecule has 0 radical (unpaired) electrons. The highest BCUT2D eigenvalue weighted by Crippen LogP contribution is 2.15. The highest BCUT2D eigenvalue weighted by Gasteiger charge is 2.28. The lowest BCUT2D eigenvalue weighted by Gasteiger charge is -2.23. The van der Waals surface area contributed by atoms with Gasteiger partial charge < -0.3 is 5.32 Å². The van der Waals surface area contributed by atoms with Crippen LogP contribution >= 0.6 is 0 Å². The Labute approximate surface area is 86.9 Å². The zero-order valence-corrected chi connectivity index (χ0v) is 9.71. The fraction of sp³-hybridized carbons (Fsp3) is 0.909. The van der Waals surface area contributed by atoms with E-state index in [1.807, 2.05) is 7.05 Å². The molecular formula is C11H22N2O. The van der Waals surface area contributed by atoms with Gasteiger partial charge in [-0.1, -0.05) is 13.8 Å². The Morgan fingerprint density at radius 2 is 2.07 bits per heavy atom. The van der Waals surface area contributed by atoms with Gasteiger partial charge in [0.15, 0.2) is 0 Å². The molecule has 1 saturated heterocycles. The van der Waals surface area contributed by atoms with Crippen molar-refractivity contribution in [1.82, 2.24) is 10.2 Å². The summed E-state index contributed by atoms with van der Waals surface area (Å²) in [6.07, 6.45) is 2.15. The topological polar surface area (TPSA) is 32.3 Å². The molecule has 1 aliphatic heterocycles. The molecule has 0 saturated carbocycles. The van der Waals surface area contributed by atoms with Crippen LogP contribution in [-0.2, 0) is 4.79 Å². The van der Waals surface area contributed by atoms with E-state index >= 15 is 0 Å². The predicted molar refractivity (Wildman–Crippen MR) is 58.1 cm³/mol. The largest absolute Gasteiger partial charge is 0.352 e. The molecule has 0 spiro atoms. The van der Waals surface area contributed by atoms with Crippen molar-refractivity contribution in [3.8, 4) is 0 Å². The van der Waals surface area contributed by atoms with Gasteiger partial charge >= 0.3 is 0 Å². The van der Waals surface area contributed by atoms with Gasteiger partial charge in [0.05, 0.1) is 6.04 Å². The molecule has 0 aromatic heterocycles. The number of likely N-dealkylation sites (N-methyl/N-ethyl adjacent to an activating group) is 1. The molecule has 1 heterocycles. The smallest absolute Gasteiger partial charge is 0.237 e. The van der Waals surface area contributed by atoms with Crippen LogP contribution in [0.2, 0.25) is 0 Å². The lowest BCUT2D eigenvalue weighted by atomic mass is 10.1. The van der Waals surface area contributed by atoms with E-state index in [1.165, 1.54) is 0 Å². The van der Waals surface area contributed by atoms with Crippen LogP contribution in [0.15, 0.2) is 0 Å². The van der Waals surface area contributed by atoms with Gasteiger partial charge in [0.25, 0.3) is 0 Å². The average molecular weight is 198 g/mol. The second-order valence-electron chi connectivity index (χ2n) is 4.68. The van der Waals surface area contributed by atoms with Crippen LogP contribution in [0.4, 0.5) is 0 Å². The molecule has 14 heavy (non-hydrogen) atoms. The van der Waals surface area contributed by atoms with Crippen molar-refractivity contribution in [2.75, 3.05) is 13.6 Å². The molecule has 3 nitrogen and oxygen atoms in total. The minimum absolute atomic E-state index is 0.108. The van der Waals surface area contributed by atoms with Crippen molar-refractivity contribution < 1.29 is 4.79 Å². The third kappa shape index (κ3) is 2.71. The van der Waals surface area contributed by atoms with E-state index in [-0.39, 0.29) is 18.0 Å². The van der Waals surface area contributed by atoms with Crippen molar-refractivity contribution in [3.63, 3.8) is 0 Å². The molecule has 0 aromatic carbocycles. The van der Waals surface area contributed by atoms with Gasteiger partial charge in [-0.05, 0) is 39.3 Å². The number of hydrogen-bond donors (Lipinski definition) is 1. The van der Waals surface area contributed by atoms with Crippen LogP contribution in [0.25, 0.3) is 0 Å². The normalized spacial score (nSPS) is 25.4. The molecule has 0 unspecified atom stereocenters. The minimum Gasteiger partial charge on any atom is -0.352 e. The maximum Gasteiger partial charge on any atom is 0.237 e. The Bertz CT molecular complexity index is 203. The van der Waals surface area contributed by atoms with Crippen LogP contribution < -0.4 is 5.32 Å². The quantitative estimate of drug-likeness (QED) is 0.740. The minimum atomic E-state index is 0.108. The Morgan fingerprint density at radius 1 is 1.43 bits per heavy atom. The van der Waals surface area contributed by atoms with Gasteiger partial charge in [-0.25, -0.2) is 0 Å². The molecule has 82 valence electrons. The van der Waals surface area contributed by atoms with Gasteiger partial charge in [-0.3, -0.25) is 9.69 Å². The number of rotatable bonds is 3. The van der Waals surface area contributed by atoms with Crippen molar-refractivity contribution in [1.29, 1.82) is 0 Å². The standard InChI is InChI=1S/C11H22N2O/c1-8(2)9(3)12-11(14)10-6-5-7-13(10)4/h8-10H,5-7H2,1-4H3,(H,12,14)/t9-,10-/m0/s1. The van der Waals surface area contributed by atoms with Crippen LogP contribution in [0.5, 0.6) is 0 Å². The first kappa shape index (κ1) is 11.5. The summed E-state index contributed by atoms with van der Waals surface area (Å²) < 4.78 is 0. The second kappa shape index (κ2) is 4.78. The predicted octanol–water partition coefficient (Wildman–Crippen LogP) is 1.24. The van der Waals surface area contributed by atoms with Gasteiger partial charge in [-0.15, -0.1) is 0 Å². The zero-order chi connectivity index (χ0) is 10.7. The molecule has 2 atom stereocenters. The number of likely N-dealkylation sites (tertiary alicyclic amines) is 1. The number of nitrogens with one attached hydrogen (secondary N) is 1. The number of amides is 1. The van der Waals surface area contributed by atoms with Crippen molar-refractivity contribution in [2.24, 2.45) is 5.92 Å². The fourth-order valence-corrected chi connectivity index (χ4v) is 1.73. The Hall–Kier alpha value is -0.570. The van der Waals surface area contributed by atoms with E-state index in [9.17, 15) is 4.79 Å². The Kier molecular flexibility index (Phi) is 3.93. The Balaban J connectivity index is 2.41. The zero-order valence-electron chi connectivity index (χ0n) is 9.71. The van der Waals surface area contributed by atoms with E-state index in [4.69, 9.17) is 0 Å². The lowest BCUT2D eigenvalue weighted by molar-refractivity contribution is -0.125. The van der Waals surface area contributed by atoms with E-state index in [2.05, 4.69) is 31.0 Å². The highest BCUT2D eigenvalue weighted by atomic mass is 16.2. The SMILES string of the molecule is CC(C)[C@H](C)NC(=O)[C@@H]1CCCN1C. The summed E-state index contributed by atoms with van der Waals surface area (Å²) in [5.74, 6) is 0.705. The van der Waals surface area contributed by atoms with E-state index < -0.39 is 0 Å². The molecule has 1 rings (SSSR count). The molecule has 0 aliphatic carbocycles. The molecule has 1 aliphatic rings. The summed E-state index contributed by atoms with van der Waals surface area (Å²) in [7, 11) is 2.03. The lowest BCUT2D eigenvalue weighted by Crippen LogP contribution is -2.46. The van der Waals surface area contributed by atoms with E-state index in [0.29, 0.717) is 5.92 Å². The van der Waals surface area contributed by atoms with Crippen LogP contribution in [0.1, 0.15) is 33.6 Å². The third-order valence-corrected chi connectivity index (χ3v) is 3.19. The average Bonchev–Trinajstić information content (AvgIpc) is 2.51. The summed E-state index contributed by atoms with van der Waals surface area (Å²) in [6, 6.07) is 0.382. The summed E-state index contributed by atoms with van der Waals surface area (Å²) in [5, 5.41) is 3.07. The monoisotopic (exact) mass is 198 g/mol. The first-order valence-corrected chi connectivity index (χ1v) is 5.53. The summed E-state index contributed by atoms with van der Waals surface area (Å²) in [4.78, 5) is 14.0. The van der Waals surface area contributed by atoms with E-state index in [0.717, 1.165) is 19.4 Å². The van der Waals surface area contributed by atoms with Crippen LogP contribution in [0.3, 0.4) is 0 Å². The van der Waals surface area contributed by atoms with Crippen molar-refractivity contribution >= 4 is 5.91 Å². The van der Waals surface area contributed by atoms with Crippen molar-refractivity contribution in [3.05, 3.63) is 0 Å². The van der Waals surface area contributed by atoms with Gasteiger partial charge in [0, 0.05) is 6.04 Å². The first-order valence-electron chi connectivity index (χ1n) is 5.53. The molecule has 0 aromatic rings. The first-order chi connectivity index (χ1) is 6.52. The number of carbonyl (C=O) groups excluding carboxylic acids is 1.